The molecular formula is C8H7ClN2. The van der Waals surface area contributed by atoms with Gasteiger partial charge in [-0.3, -0.25) is 0 Å². The van der Waals surface area contributed by atoms with Gasteiger partial charge in [0, 0.05) is 10.7 Å². The molecule has 1 aromatic carbocycles. The smallest absolute Gasteiger partial charge is 0.0670 e. The van der Waals surface area contributed by atoms with E-state index in [2.05, 4.69) is 0 Å². The maximum absolute atomic E-state index is 8.39. The molecule has 0 aliphatic heterocycles. The Morgan fingerprint density at radius 1 is 1.55 bits per heavy atom. The summed E-state index contributed by atoms with van der Waals surface area (Å²) in [5, 5.41) is 9.00. The molecule has 0 aliphatic rings. The summed E-state index contributed by atoms with van der Waals surface area (Å²) in [5.74, 6) is 0. The van der Waals surface area contributed by atoms with Gasteiger partial charge >= 0.3 is 0 Å². The third-order valence-electron chi connectivity index (χ3n) is 1.37. The van der Waals surface area contributed by atoms with E-state index in [9.17, 15) is 0 Å². The van der Waals surface area contributed by atoms with Crippen LogP contribution in [0.4, 0.5) is 5.69 Å². The van der Waals surface area contributed by atoms with Gasteiger partial charge in [-0.15, -0.1) is 0 Å². The Morgan fingerprint density at radius 2 is 2.27 bits per heavy atom. The van der Waals surface area contributed by atoms with Crippen LogP contribution in [0.25, 0.3) is 0 Å². The van der Waals surface area contributed by atoms with Crippen LogP contribution in [0.15, 0.2) is 18.2 Å². The molecule has 3 heteroatoms. The van der Waals surface area contributed by atoms with E-state index in [-0.39, 0.29) is 0 Å². The van der Waals surface area contributed by atoms with E-state index < -0.39 is 0 Å². The van der Waals surface area contributed by atoms with Crippen molar-refractivity contribution in [2.75, 3.05) is 5.73 Å². The van der Waals surface area contributed by atoms with Crippen LogP contribution < -0.4 is 5.73 Å². The van der Waals surface area contributed by atoms with E-state index >= 15 is 0 Å². The van der Waals surface area contributed by atoms with Gasteiger partial charge in [0.25, 0.3) is 0 Å². The van der Waals surface area contributed by atoms with E-state index in [1.54, 1.807) is 18.2 Å². The lowest BCUT2D eigenvalue weighted by molar-refractivity contribution is 1.27. The molecular weight excluding hydrogens is 160 g/mol. The van der Waals surface area contributed by atoms with Gasteiger partial charge < -0.3 is 5.73 Å². The zero-order valence-electron chi connectivity index (χ0n) is 5.84. The van der Waals surface area contributed by atoms with Crippen LogP contribution >= 0.6 is 11.6 Å². The number of nitrogen functional groups attached to an aromatic ring is 1. The molecule has 0 spiro atoms. The van der Waals surface area contributed by atoms with Crippen molar-refractivity contribution in [2.45, 2.75) is 6.42 Å². The maximum Gasteiger partial charge on any atom is 0.0670 e. The molecule has 56 valence electrons. The standard InChI is InChI=1S/C8H7ClN2/c9-7-1-2-8(11)6(5-7)3-4-10/h1-2,5H,3,11H2. The molecule has 0 saturated heterocycles. The summed E-state index contributed by atoms with van der Waals surface area (Å²) in [6.07, 6.45) is 0.312. The molecule has 0 aliphatic carbocycles. The molecule has 0 atom stereocenters. The molecule has 0 fully saturated rings. The summed E-state index contributed by atoms with van der Waals surface area (Å²) < 4.78 is 0. The minimum Gasteiger partial charge on any atom is -0.398 e. The van der Waals surface area contributed by atoms with Crippen molar-refractivity contribution in [3.63, 3.8) is 0 Å². The normalized spacial score (nSPS) is 9.09. The van der Waals surface area contributed by atoms with E-state index in [0.717, 1.165) is 5.56 Å². The van der Waals surface area contributed by atoms with Crippen molar-refractivity contribution in [1.82, 2.24) is 0 Å². The quantitative estimate of drug-likeness (QED) is 0.649. The van der Waals surface area contributed by atoms with Gasteiger partial charge in [0.1, 0.15) is 0 Å². The fourth-order valence-electron chi connectivity index (χ4n) is 0.813. The molecule has 0 aromatic heterocycles. The highest BCUT2D eigenvalue weighted by molar-refractivity contribution is 6.30. The van der Waals surface area contributed by atoms with Crippen LogP contribution in [-0.2, 0) is 6.42 Å². The summed E-state index contributed by atoms with van der Waals surface area (Å²) in [4.78, 5) is 0. The van der Waals surface area contributed by atoms with Crippen molar-refractivity contribution in [3.05, 3.63) is 28.8 Å². The number of rotatable bonds is 1. The van der Waals surface area contributed by atoms with E-state index in [1.807, 2.05) is 6.07 Å². The van der Waals surface area contributed by atoms with Crippen LogP contribution in [0.3, 0.4) is 0 Å². The molecule has 0 amide bonds. The first-order valence-electron chi connectivity index (χ1n) is 3.15. The molecule has 1 aromatic rings. The van der Waals surface area contributed by atoms with Crippen molar-refractivity contribution in [2.24, 2.45) is 0 Å². The average Bonchev–Trinajstić information content (AvgIpc) is 1.98. The van der Waals surface area contributed by atoms with Crippen LogP contribution in [-0.4, -0.2) is 0 Å². The second kappa shape index (κ2) is 3.27. The highest BCUT2D eigenvalue weighted by atomic mass is 35.5. The first kappa shape index (κ1) is 7.90. The molecule has 0 heterocycles. The number of nitriles is 1. The molecule has 1 rings (SSSR count). The minimum atomic E-state index is 0.312. The second-order valence-electron chi connectivity index (χ2n) is 2.18. The van der Waals surface area contributed by atoms with Crippen molar-refractivity contribution in [1.29, 1.82) is 5.26 Å². The van der Waals surface area contributed by atoms with Gasteiger partial charge in [-0.25, -0.2) is 0 Å². The predicted molar refractivity (Wildman–Crippen MR) is 45.2 cm³/mol. The van der Waals surface area contributed by atoms with E-state index in [1.165, 1.54) is 0 Å². The number of hydrogen-bond donors (Lipinski definition) is 1. The van der Waals surface area contributed by atoms with Gasteiger partial charge in [-0.05, 0) is 23.8 Å². The Balaban J connectivity index is 3.05. The Hall–Kier alpha value is -1.20. The van der Waals surface area contributed by atoms with Gasteiger partial charge in [0.05, 0.1) is 12.5 Å². The number of halogens is 1. The van der Waals surface area contributed by atoms with Crippen LogP contribution in [0.5, 0.6) is 0 Å². The van der Waals surface area contributed by atoms with Crippen LogP contribution in [0.2, 0.25) is 5.02 Å². The zero-order chi connectivity index (χ0) is 8.27. The highest BCUT2D eigenvalue weighted by Gasteiger charge is 1.97. The Bertz CT molecular complexity index is 301. The topological polar surface area (TPSA) is 49.8 Å². The molecule has 0 radical (unpaired) electrons. The van der Waals surface area contributed by atoms with Crippen molar-refractivity contribution >= 4 is 17.3 Å². The van der Waals surface area contributed by atoms with Gasteiger partial charge in [-0.2, -0.15) is 5.26 Å². The Kier molecular flexibility index (Phi) is 2.35. The lowest BCUT2D eigenvalue weighted by Crippen LogP contribution is -1.92. The number of anilines is 1. The average molecular weight is 167 g/mol. The first-order valence-corrected chi connectivity index (χ1v) is 3.52. The summed E-state index contributed by atoms with van der Waals surface area (Å²) in [5.41, 5.74) is 6.98. The SMILES string of the molecule is N#CCc1cc(Cl)ccc1N. The lowest BCUT2D eigenvalue weighted by atomic mass is 10.1. The monoisotopic (exact) mass is 166 g/mol. The van der Waals surface area contributed by atoms with Crippen LogP contribution in [0, 0.1) is 11.3 Å². The fraction of sp³-hybridized carbons (Fsp3) is 0.125. The van der Waals surface area contributed by atoms with Crippen molar-refractivity contribution < 1.29 is 0 Å². The minimum absolute atomic E-state index is 0.312. The van der Waals surface area contributed by atoms with E-state index in [4.69, 9.17) is 22.6 Å². The molecule has 11 heavy (non-hydrogen) atoms. The number of nitrogens with two attached hydrogens (primary N) is 1. The number of hydrogen-bond acceptors (Lipinski definition) is 2. The fourth-order valence-corrected chi connectivity index (χ4v) is 1.01. The highest BCUT2D eigenvalue weighted by Crippen LogP contribution is 2.17. The largest absolute Gasteiger partial charge is 0.398 e. The molecule has 0 bridgehead atoms. The molecule has 2 nitrogen and oxygen atoms in total. The third-order valence-corrected chi connectivity index (χ3v) is 1.61. The number of benzene rings is 1. The zero-order valence-corrected chi connectivity index (χ0v) is 6.60. The van der Waals surface area contributed by atoms with Crippen molar-refractivity contribution in [3.8, 4) is 6.07 Å². The Labute approximate surface area is 70.2 Å². The van der Waals surface area contributed by atoms with Gasteiger partial charge in [-0.1, -0.05) is 11.6 Å². The molecule has 2 N–H and O–H groups in total. The molecule has 0 unspecified atom stereocenters. The van der Waals surface area contributed by atoms with Gasteiger partial charge in [0.2, 0.25) is 0 Å². The van der Waals surface area contributed by atoms with Gasteiger partial charge in [0.15, 0.2) is 0 Å². The lowest BCUT2D eigenvalue weighted by Gasteiger charge is -1.99. The summed E-state index contributed by atoms with van der Waals surface area (Å²) >= 11 is 5.69. The predicted octanol–water partition coefficient (Wildman–Crippen LogP) is 1.99. The number of nitrogens with zero attached hydrogens (tertiary/aromatic N) is 1. The summed E-state index contributed by atoms with van der Waals surface area (Å²) in [6.45, 7) is 0. The first-order chi connectivity index (χ1) is 5.24. The third kappa shape index (κ3) is 1.86. The summed E-state index contributed by atoms with van der Waals surface area (Å²) in [7, 11) is 0. The summed E-state index contributed by atoms with van der Waals surface area (Å²) in [6, 6.07) is 7.13. The van der Waals surface area contributed by atoms with E-state index in [0.29, 0.717) is 17.1 Å². The molecule has 0 saturated carbocycles. The maximum atomic E-state index is 8.39. The second-order valence-corrected chi connectivity index (χ2v) is 2.61. The van der Waals surface area contributed by atoms with Crippen LogP contribution in [0.1, 0.15) is 5.56 Å². The Morgan fingerprint density at radius 3 is 2.91 bits per heavy atom.